The number of carbonyl (C=O) groups excluding carboxylic acids is 4. The van der Waals surface area contributed by atoms with Gasteiger partial charge in [0.1, 0.15) is 6.54 Å². The SMILES string of the molecule is COC(=O)c1ccc(CNC(=O)COC(=O)CNC(=O)c2cccc(C)c2)cc1. The first-order valence-corrected chi connectivity index (χ1v) is 8.83. The maximum absolute atomic E-state index is 12.0. The Hall–Kier alpha value is -3.68. The van der Waals surface area contributed by atoms with E-state index in [1.807, 2.05) is 13.0 Å². The highest BCUT2D eigenvalue weighted by molar-refractivity contribution is 5.96. The van der Waals surface area contributed by atoms with Crippen molar-refractivity contribution in [3.63, 3.8) is 0 Å². The van der Waals surface area contributed by atoms with E-state index in [-0.39, 0.29) is 13.1 Å². The van der Waals surface area contributed by atoms with E-state index in [0.29, 0.717) is 11.1 Å². The van der Waals surface area contributed by atoms with Crippen LogP contribution in [0.4, 0.5) is 0 Å². The van der Waals surface area contributed by atoms with Gasteiger partial charge in [-0.05, 0) is 36.8 Å². The second kappa shape index (κ2) is 10.6. The standard InChI is InChI=1S/C21H22N2O6/c1-14-4-3-5-17(10-14)20(26)23-12-19(25)29-13-18(24)22-11-15-6-8-16(9-7-15)21(27)28-2/h3-10H,11-13H2,1-2H3,(H,22,24)(H,23,26). The molecule has 2 aromatic rings. The molecule has 0 aliphatic rings. The predicted molar refractivity (Wildman–Crippen MR) is 104 cm³/mol. The molecule has 0 unspecified atom stereocenters. The number of ether oxygens (including phenoxy) is 2. The van der Waals surface area contributed by atoms with Gasteiger partial charge < -0.3 is 20.1 Å². The van der Waals surface area contributed by atoms with Crippen LogP contribution in [0.1, 0.15) is 31.8 Å². The minimum Gasteiger partial charge on any atom is -0.465 e. The van der Waals surface area contributed by atoms with Gasteiger partial charge in [-0.1, -0.05) is 29.8 Å². The van der Waals surface area contributed by atoms with E-state index in [9.17, 15) is 19.2 Å². The van der Waals surface area contributed by atoms with Gasteiger partial charge in [-0.2, -0.15) is 0 Å². The van der Waals surface area contributed by atoms with Crippen molar-refractivity contribution < 1.29 is 28.7 Å². The highest BCUT2D eigenvalue weighted by Crippen LogP contribution is 2.06. The monoisotopic (exact) mass is 398 g/mol. The van der Waals surface area contributed by atoms with Gasteiger partial charge >= 0.3 is 11.9 Å². The molecular formula is C21H22N2O6. The average Bonchev–Trinajstić information content (AvgIpc) is 2.74. The van der Waals surface area contributed by atoms with Gasteiger partial charge in [-0.15, -0.1) is 0 Å². The van der Waals surface area contributed by atoms with Crippen molar-refractivity contribution >= 4 is 23.8 Å². The quantitative estimate of drug-likeness (QED) is 0.650. The lowest BCUT2D eigenvalue weighted by Gasteiger charge is -2.08. The van der Waals surface area contributed by atoms with Crippen LogP contribution < -0.4 is 10.6 Å². The van der Waals surface area contributed by atoms with Crippen molar-refractivity contribution in [1.29, 1.82) is 0 Å². The molecule has 0 radical (unpaired) electrons. The highest BCUT2D eigenvalue weighted by atomic mass is 16.5. The molecule has 0 saturated heterocycles. The van der Waals surface area contributed by atoms with E-state index in [2.05, 4.69) is 15.4 Å². The van der Waals surface area contributed by atoms with Gasteiger partial charge in [0.05, 0.1) is 12.7 Å². The summed E-state index contributed by atoms with van der Waals surface area (Å²) in [7, 11) is 1.30. The van der Waals surface area contributed by atoms with E-state index < -0.39 is 30.4 Å². The lowest BCUT2D eigenvalue weighted by molar-refractivity contribution is -0.147. The van der Waals surface area contributed by atoms with Crippen LogP contribution >= 0.6 is 0 Å². The molecule has 0 aliphatic heterocycles. The predicted octanol–water partition coefficient (Wildman–Crippen LogP) is 1.37. The van der Waals surface area contributed by atoms with Crippen LogP contribution in [0.3, 0.4) is 0 Å². The second-order valence-electron chi connectivity index (χ2n) is 6.18. The van der Waals surface area contributed by atoms with Gasteiger partial charge in [0.25, 0.3) is 11.8 Å². The molecule has 8 nitrogen and oxygen atoms in total. The van der Waals surface area contributed by atoms with Crippen molar-refractivity contribution in [2.75, 3.05) is 20.3 Å². The molecule has 0 spiro atoms. The van der Waals surface area contributed by atoms with E-state index in [0.717, 1.165) is 11.1 Å². The molecule has 2 aromatic carbocycles. The summed E-state index contributed by atoms with van der Waals surface area (Å²) in [5.41, 5.74) is 2.54. The number of aryl methyl sites for hydroxylation is 1. The Balaban J connectivity index is 1.68. The van der Waals surface area contributed by atoms with Crippen LogP contribution in [-0.4, -0.2) is 44.0 Å². The number of methoxy groups -OCH3 is 1. The number of nitrogens with one attached hydrogen (secondary N) is 2. The minimum atomic E-state index is -0.719. The Morgan fingerprint density at radius 1 is 0.931 bits per heavy atom. The van der Waals surface area contributed by atoms with E-state index in [4.69, 9.17) is 4.74 Å². The first-order valence-electron chi connectivity index (χ1n) is 8.83. The Bertz CT molecular complexity index is 892. The van der Waals surface area contributed by atoms with Crippen LogP contribution in [-0.2, 0) is 25.6 Å². The lowest BCUT2D eigenvalue weighted by Crippen LogP contribution is -2.33. The molecule has 0 aromatic heterocycles. The summed E-state index contributed by atoms with van der Waals surface area (Å²) in [6.07, 6.45) is 0. The average molecular weight is 398 g/mol. The summed E-state index contributed by atoms with van der Waals surface area (Å²) in [6.45, 7) is 1.27. The zero-order valence-electron chi connectivity index (χ0n) is 16.2. The smallest absolute Gasteiger partial charge is 0.337 e. The molecule has 0 heterocycles. The van der Waals surface area contributed by atoms with E-state index in [1.54, 1.807) is 42.5 Å². The zero-order chi connectivity index (χ0) is 21.2. The van der Waals surface area contributed by atoms with Crippen LogP contribution in [0.2, 0.25) is 0 Å². The molecule has 0 fully saturated rings. The Labute approximate surface area is 168 Å². The van der Waals surface area contributed by atoms with Gasteiger partial charge in [0, 0.05) is 12.1 Å². The minimum absolute atomic E-state index is 0.210. The first-order chi connectivity index (χ1) is 13.9. The molecule has 8 heteroatoms. The molecule has 0 saturated carbocycles. The number of rotatable bonds is 8. The van der Waals surface area contributed by atoms with E-state index in [1.165, 1.54) is 7.11 Å². The highest BCUT2D eigenvalue weighted by Gasteiger charge is 2.11. The van der Waals surface area contributed by atoms with Crippen molar-refractivity contribution in [2.24, 2.45) is 0 Å². The number of amides is 2. The molecular weight excluding hydrogens is 376 g/mol. The summed E-state index contributed by atoms with van der Waals surface area (Å²) in [5.74, 6) is -2.04. The topological polar surface area (TPSA) is 111 Å². The Kier molecular flexibility index (Phi) is 7.90. The van der Waals surface area contributed by atoms with Gasteiger partial charge in [-0.3, -0.25) is 14.4 Å². The summed E-state index contributed by atoms with van der Waals surface area (Å²) in [6, 6.07) is 13.5. The van der Waals surface area contributed by atoms with Gasteiger partial charge in [0.15, 0.2) is 6.61 Å². The molecule has 0 atom stereocenters. The number of hydrogen-bond donors (Lipinski definition) is 2. The van der Waals surface area contributed by atoms with Crippen LogP contribution in [0.5, 0.6) is 0 Å². The second-order valence-corrected chi connectivity index (χ2v) is 6.18. The lowest BCUT2D eigenvalue weighted by atomic mass is 10.1. The number of benzene rings is 2. The molecule has 2 N–H and O–H groups in total. The largest absolute Gasteiger partial charge is 0.465 e. The fraction of sp³-hybridized carbons (Fsp3) is 0.238. The van der Waals surface area contributed by atoms with Gasteiger partial charge in [-0.25, -0.2) is 4.79 Å². The molecule has 2 rings (SSSR count). The third-order valence-electron chi connectivity index (χ3n) is 3.90. The molecule has 152 valence electrons. The van der Waals surface area contributed by atoms with Crippen LogP contribution in [0.25, 0.3) is 0 Å². The molecule has 2 amide bonds. The fourth-order valence-corrected chi connectivity index (χ4v) is 2.37. The van der Waals surface area contributed by atoms with Crippen molar-refractivity contribution in [3.8, 4) is 0 Å². The number of hydrogen-bond acceptors (Lipinski definition) is 6. The number of carbonyl (C=O) groups is 4. The van der Waals surface area contributed by atoms with Crippen molar-refractivity contribution in [3.05, 3.63) is 70.8 Å². The summed E-state index contributed by atoms with van der Waals surface area (Å²) >= 11 is 0. The van der Waals surface area contributed by atoms with Crippen LogP contribution in [0.15, 0.2) is 48.5 Å². The third-order valence-corrected chi connectivity index (χ3v) is 3.90. The first kappa shape index (κ1) is 21.6. The normalized spacial score (nSPS) is 10.0. The maximum Gasteiger partial charge on any atom is 0.337 e. The molecule has 29 heavy (non-hydrogen) atoms. The van der Waals surface area contributed by atoms with Crippen LogP contribution in [0, 0.1) is 6.92 Å². The summed E-state index contributed by atoms with van der Waals surface area (Å²) in [5, 5.41) is 5.04. The van der Waals surface area contributed by atoms with E-state index >= 15 is 0 Å². The molecule has 0 bridgehead atoms. The molecule has 0 aliphatic carbocycles. The number of esters is 2. The van der Waals surface area contributed by atoms with Crippen molar-refractivity contribution in [1.82, 2.24) is 10.6 Å². The van der Waals surface area contributed by atoms with Gasteiger partial charge in [0.2, 0.25) is 0 Å². The van der Waals surface area contributed by atoms with Crippen molar-refractivity contribution in [2.45, 2.75) is 13.5 Å². The zero-order valence-corrected chi connectivity index (χ0v) is 16.2. The Morgan fingerprint density at radius 2 is 1.66 bits per heavy atom. The summed E-state index contributed by atoms with van der Waals surface area (Å²) in [4.78, 5) is 46.8. The summed E-state index contributed by atoms with van der Waals surface area (Å²) < 4.78 is 9.45. The fourth-order valence-electron chi connectivity index (χ4n) is 2.37. The third kappa shape index (κ3) is 7.10. The Morgan fingerprint density at radius 3 is 2.31 bits per heavy atom. The maximum atomic E-state index is 12.0.